The zero-order chi connectivity index (χ0) is 57.5. The first-order chi connectivity index (χ1) is 38.7. The third-order valence-electron chi connectivity index (χ3n) is 15.7. The van der Waals surface area contributed by atoms with E-state index < -0.39 is 74.2 Å². The molecule has 9 atom stereocenters. The Labute approximate surface area is 484 Å². The first kappa shape index (κ1) is 74.8. The van der Waals surface area contributed by atoms with E-state index in [4.69, 9.17) is 9.47 Å². The summed E-state index contributed by atoms with van der Waals surface area (Å²) in [4.78, 5) is 13.2. The maximum atomic E-state index is 13.2. The molecule has 1 fully saturated rings. The van der Waals surface area contributed by atoms with Crippen LogP contribution in [0.3, 0.4) is 0 Å². The SMILES string of the molecule is CCCCCCCCC/C=C/CC/C=C/CC/C=C/CCCC(O)C(O)C(COC1OC(CO)C(O)C(O)C1O)NC(=O)C(O)CCCCCCCCCCCCCCCCCC/C=C\C/C=C\CCCCCCCCCCC. The number of aliphatic hydroxyl groups is 7. The van der Waals surface area contributed by atoms with Crippen molar-refractivity contribution in [2.45, 2.75) is 351 Å². The Bertz CT molecular complexity index is 1470. The van der Waals surface area contributed by atoms with Crippen LogP contribution in [0.1, 0.15) is 296 Å². The highest BCUT2D eigenvalue weighted by Crippen LogP contribution is 2.23. The third-order valence-corrected chi connectivity index (χ3v) is 15.7. The smallest absolute Gasteiger partial charge is 0.249 e. The van der Waals surface area contributed by atoms with Crippen molar-refractivity contribution in [2.75, 3.05) is 13.2 Å². The van der Waals surface area contributed by atoms with E-state index in [-0.39, 0.29) is 12.8 Å². The van der Waals surface area contributed by atoms with E-state index in [0.29, 0.717) is 19.3 Å². The Hall–Kier alpha value is -2.19. The summed E-state index contributed by atoms with van der Waals surface area (Å²) in [5.41, 5.74) is 0. The molecule has 1 aliphatic rings. The zero-order valence-electron chi connectivity index (χ0n) is 50.9. The molecule has 9 unspecified atom stereocenters. The fraction of sp³-hybridized carbons (Fsp3) is 0.838. The largest absolute Gasteiger partial charge is 0.394 e. The molecule has 0 aromatic heterocycles. The third kappa shape index (κ3) is 44.1. The summed E-state index contributed by atoms with van der Waals surface area (Å²) in [6.07, 6.45) is 62.9. The highest BCUT2D eigenvalue weighted by Gasteiger charge is 2.44. The summed E-state index contributed by atoms with van der Waals surface area (Å²) >= 11 is 0. The van der Waals surface area contributed by atoms with Crippen molar-refractivity contribution in [2.24, 2.45) is 0 Å². The number of rotatable bonds is 57. The predicted octanol–water partition coefficient (Wildman–Crippen LogP) is 15.4. The van der Waals surface area contributed by atoms with Gasteiger partial charge in [0, 0.05) is 0 Å². The molecule has 11 heteroatoms. The number of hydrogen-bond donors (Lipinski definition) is 8. The van der Waals surface area contributed by atoms with Crippen molar-refractivity contribution < 1.29 is 50.0 Å². The van der Waals surface area contributed by atoms with Gasteiger partial charge in [-0.25, -0.2) is 0 Å². The van der Waals surface area contributed by atoms with Crippen LogP contribution in [0.5, 0.6) is 0 Å². The lowest BCUT2D eigenvalue weighted by molar-refractivity contribution is -0.303. The number of ether oxygens (including phenoxy) is 2. The van der Waals surface area contributed by atoms with Crippen LogP contribution in [-0.2, 0) is 14.3 Å². The lowest BCUT2D eigenvalue weighted by Crippen LogP contribution is -2.60. The second-order valence-corrected chi connectivity index (χ2v) is 23.2. The number of carbonyl (C=O) groups is 1. The number of unbranched alkanes of at least 4 members (excludes halogenated alkanes) is 35. The second-order valence-electron chi connectivity index (χ2n) is 23.2. The van der Waals surface area contributed by atoms with Gasteiger partial charge in [0.2, 0.25) is 5.91 Å². The van der Waals surface area contributed by atoms with Gasteiger partial charge >= 0.3 is 0 Å². The average Bonchev–Trinajstić information content (AvgIpc) is 3.46. The fourth-order valence-corrected chi connectivity index (χ4v) is 10.4. The molecule has 0 bridgehead atoms. The molecule has 1 saturated heterocycles. The summed E-state index contributed by atoms with van der Waals surface area (Å²) in [7, 11) is 0. The zero-order valence-corrected chi connectivity index (χ0v) is 50.9. The second kappa shape index (κ2) is 56.3. The van der Waals surface area contributed by atoms with E-state index in [0.717, 1.165) is 51.4 Å². The molecule has 0 aromatic carbocycles. The first-order valence-corrected chi connectivity index (χ1v) is 33.2. The summed E-state index contributed by atoms with van der Waals surface area (Å²) in [6.45, 7) is 3.45. The molecule has 1 heterocycles. The van der Waals surface area contributed by atoms with E-state index in [9.17, 15) is 40.5 Å². The van der Waals surface area contributed by atoms with Gasteiger partial charge in [-0.1, -0.05) is 261 Å². The summed E-state index contributed by atoms with van der Waals surface area (Å²) in [5.74, 6) is -0.711. The van der Waals surface area contributed by atoms with Gasteiger partial charge in [0.05, 0.1) is 25.4 Å². The quantitative estimate of drug-likeness (QED) is 0.0215. The number of hydrogen-bond acceptors (Lipinski definition) is 10. The lowest BCUT2D eigenvalue weighted by atomic mass is 9.98. The molecule has 0 aromatic rings. The number of amides is 1. The lowest BCUT2D eigenvalue weighted by Gasteiger charge is -2.40. The highest BCUT2D eigenvalue weighted by molar-refractivity contribution is 5.80. The van der Waals surface area contributed by atoms with Crippen molar-refractivity contribution >= 4 is 5.91 Å². The van der Waals surface area contributed by atoms with Crippen molar-refractivity contribution in [1.82, 2.24) is 5.32 Å². The van der Waals surface area contributed by atoms with E-state index in [1.807, 2.05) is 0 Å². The van der Waals surface area contributed by atoms with Gasteiger partial charge in [0.1, 0.15) is 36.6 Å². The van der Waals surface area contributed by atoms with Crippen molar-refractivity contribution in [3.05, 3.63) is 60.8 Å². The van der Waals surface area contributed by atoms with Gasteiger partial charge in [0.25, 0.3) is 0 Å². The molecule has 0 aliphatic carbocycles. The van der Waals surface area contributed by atoms with Crippen LogP contribution < -0.4 is 5.32 Å². The van der Waals surface area contributed by atoms with Crippen LogP contribution in [0.2, 0.25) is 0 Å². The monoisotopic (exact) mass is 1120 g/mol. The van der Waals surface area contributed by atoms with E-state index in [1.165, 1.54) is 199 Å². The number of aliphatic hydroxyl groups excluding tert-OH is 7. The normalized spacial score (nSPS) is 19.7. The molecule has 0 radical (unpaired) electrons. The number of allylic oxidation sites excluding steroid dienone is 10. The minimum Gasteiger partial charge on any atom is -0.394 e. The summed E-state index contributed by atoms with van der Waals surface area (Å²) in [6, 6.07) is -1.20. The van der Waals surface area contributed by atoms with Gasteiger partial charge < -0.3 is 50.5 Å². The van der Waals surface area contributed by atoms with Crippen molar-refractivity contribution in [3.63, 3.8) is 0 Å². The standard InChI is InChI=1S/C68H125NO10/c1-3-5-7-9-11-13-15-17-19-21-23-25-26-27-28-29-30-31-32-33-34-35-36-38-40-42-44-46-48-50-52-54-56-61(72)67(77)69-59(58-78-68-66(76)65(75)64(74)62(57-70)79-68)63(73)60(71)55-53-51-49-47-45-43-41-39-37-24-22-20-18-16-14-12-10-8-6-4-2/h20,22-23,25,27-28,39,41,47,49,59-66,68,70-76H,3-19,21,24,26,29-38,40,42-46,48,50-58H2,1-2H3,(H,69,77)/b22-20+,25-23-,28-27-,41-39+,49-47+. The fourth-order valence-electron chi connectivity index (χ4n) is 10.4. The summed E-state index contributed by atoms with van der Waals surface area (Å²) < 4.78 is 11.2. The predicted molar refractivity (Wildman–Crippen MR) is 330 cm³/mol. The van der Waals surface area contributed by atoms with Crippen molar-refractivity contribution in [1.29, 1.82) is 0 Å². The maximum Gasteiger partial charge on any atom is 0.249 e. The van der Waals surface area contributed by atoms with Crippen LogP contribution in [0.25, 0.3) is 0 Å². The highest BCUT2D eigenvalue weighted by atomic mass is 16.7. The molecular weight excluding hydrogens is 991 g/mol. The molecule has 0 spiro atoms. The number of carbonyl (C=O) groups excluding carboxylic acids is 1. The maximum absolute atomic E-state index is 13.2. The van der Waals surface area contributed by atoms with Crippen molar-refractivity contribution in [3.8, 4) is 0 Å². The Morgan fingerprint density at radius 2 is 0.797 bits per heavy atom. The molecule has 79 heavy (non-hydrogen) atoms. The molecule has 11 nitrogen and oxygen atoms in total. The molecule has 1 rings (SSSR count). The minimum atomic E-state index is -1.68. The first-order valence-electron chi connectivity index (χ1n) is 33.2. The molecule has 1 amide bonds. The number of nitrogens with one attached hydrogen (secondary N) is 1. The van der Waals surface area contributed by atoms with E-state index in [1.54, 1.807) is 0 Å². The van der Waals surface area contributed by atoms with Crippen LogP contribution >= 0.6 is 0 Å². The van der Waals surface area contributed by atoms with Gasteiger partial charge in [0.15, 0.2) is 6.29 Å². The van der Waals surface area contributed by atoms with Gasteiger partial charge in [-0.2, -0.15) is 0 Å². The van der Waals surface area contributed by atoms with E-state index >= 15 is 0 Å². The molecule has 8 N–H and O–H groups in total. The van der Waals surface area contributed by atoms with Crippen LogP contribution in [0, 0.1) is 0 Å². The minimum absolute atomic E-state index is 0.240. The van der Waals surface area contributed by atoms with Gasteiger partial charge in [-0.05, 0) is 96.3 Å². The van der Waals surface area contributed by atoms with Crippen LogP contribution in [0.4, 0.5) is 0 Å². The average molecular weight is 1120 g/mol. The topological polar surface area (TPSA) is 189 Å². The van der Waals surface area contributed by atoms with Crippen LogP contribution in [0.15, 0.2) is 60.8 Å². The molecular formula is C68H125NO10. The Kier molecular flexibility index (Phi) is 53.3. The van der Waals surface area contributed by atoms with Crippen LogP contribution in [-0.4, -0.2) is 110 Å². The van der Waals surface area contributed by atoms with Gasteiger partial charge in [-0.3, -0.25) is 4.79 Å². The summed E-state index contributed by atoms with van der Waals surface area (Å²) in [5, 5.41) is 76.3. The Balaban J connectivity index is 2.24. The molecule has 1 aliphatic heterocycles. The van der Waals surface area contributed by atoms with Gasteiger partial charge in [-0.15, -0.1) is 0 Å². The van der Waals surface area contributed by atoms with E-state index in [2.05, 4.69) is 79.9 Å². The molecule has 462 valence electrons. The Morgan fingerprint density at radius 3 is 1.20 bits per heavy atom. The molecule has 0 saturated carbocycles. The Morgan fingerprint density at radius 1 is 0.443 bits per heavy atom.